The number of methoxy groups -OCH3 is 1. The number of aryl methyl sites for hydroxylation is 2. The van der Waals surface area contributed by atoms with E-state index in [0.29, 0.717) is 37.2 Å². The van der Waals surface area contributed by atoms with Gasteiger partial charge in [-0.2, -0.15) is 0 Å². The van der Waals surface area contributed by atoms with Crippen molar-refractivity contribution in [1.82, 2.24) is 9.88 Å². The lowest BCUT2D eigenvalue weighted by atomic mass is 9.85. The SMILES string of the molecule is COC(C)(C)[C@@H]1Cc2c(cc(F)cc2C(C(=O)O)N2CC[C@@H](OCCCCc3ccc4c(n3)NCCC4)C2)CO1. The Bertz CT molecular complexity index is 1210. The van der Waals surface area contributed by atoms with Crippen LogP contribution in [-0.4, -0.2) is 72.1 Å². The molecule has 3 aliphatic rings. The summed E-state index contributed by atoms with van der Waals surface area (Å²) in [6, 6.07) is 6.22. The van der Waals surface area contributed by atoms with E-state index in [1.54, 1.807) is 7.11 Å². The first-order valence-corrected chi connectivity index (χ1v) is 14.5. The molecule has 1 aromatic heterocycles. The number of nitrogens with zero attached hydrogens (tertiary/aromatic N) is 2. The number of pyridine rings is 1. The van der Waals surface area contributed by atoms with E-state index >= 15 is 0 Å². The lowest BCUT2D eigenvalue weighted by Gasteiger charge is -2.38. The van der Waals surface area contributed by atoms with E-state index in [4.69, 9.17) is 19.2 Å². The van der Waals surface area contributed by atoms with Gasteiger partial charge in [0.15, 0.2) is 0 Å². The van der Waals surface area contributed by atoms with Crippen LogP contribution >= 0.6 is 0 Å². The zero-order valence-corrected chi connectivity index (χ0v) is 23.9. The van der Waals surface area contributed by atoms with Crippen molar-refractivity contribution in [2.24, 2.45) is 0 Å². The van der Waals surface area contributed by atoms with E-state index in [1.165, 1.54) is 17.7 Å². The maximum Gasteiger partial charge on any atom is 0.325 e. The summed E-state index contributed by atoms with van der Waals surface area (Å²) in [5, 5.41) is 13.7. The molecule has 4 heterocycles. The van der Waals surface area contributed by atoms with Gasteiger partial charge in [0, 0.05) is 45.5 Å². The largest absolute Gasteiger partial charge is 0.480 e. The third-order valence-electron chi connectivity index (χ3n) is 8.68. The average molecular weight is 556 g/mol. The minimum Gasteiger partial charge on any atom is -0.480 e. The van der Waals surface area contributed by atoms with Gasteiger partial charge in [0.05, 0.1) is 24.4 Å². The van der Waals surface area contributed by atoms with Crippen LogP contribution in [0, 0.1) is 5.82 Å². The van der Waals surface area contributed by atoms with Crippen LogP contribution < -0.4 is 5.32 Å². The molecule has 1 saturated heterocycles. The van der Waals surface area contributed by atoms with E-state index in [0.717, 1.165) is 62.1 Å². The summed E-state index contributed by atoms with van der Waals surface area (Å²) >= 11 is 0. The first kappa shape index (κ1) is 28.9. The molecule has 0 spiro atoms. The van der Waals surface area contributed by atoms with E-state index in [9.17, 15) is 14.3 Å². The monoisotopic (exact) mass is 555 g/mol. The van der Waals surface area contributed by atoms with Crippen LogP contribution in [0.1, 0.15) is 73.5 Å². The number of nitrogens with one attached hydrogen (secondary N) is 1. The number of benzene rings is 1. The molecule has 5 rings (SSSR count). The molecule has 8 nitrogen and oxygen atoms in total. The molecule has 3 atom stereocenters. The Morgan fingerprint density at radius 1 is 1.30 bits per heavy atom. The number of unbranched alkanes of at least 4 members (excludes halogenated alkanes) is 1. The first-order chi connectivity index (χ1) is 19.2. The van der Waals surface area contributed by atoms with Gasteiger partial charge in [0.1, 0.15) is 17.7 Å². The number of rotatable bonds is 11. The Hall–Kier alpha value is -2.59. The number of halogens is 1. The summed E-state index contributed by atoms with van der Waals surface area (Å²) in [6.45, 7) is 6.83. The van der Waals surface area contributed by atoms with Crippen molar-refractivity contribution in [3.8, 4) is 0 Å². The van der Waals surface area contributed by atoms with Crippen molar-refractivity contribution in [3.63, 3.8) is 0 Å². The van der Waals surface area contributed by atoms with E-state index in [-0.39, 0.29) is 18.8 Å². The summed E-state index contributed by atoms with van der Waals surface area (Å²) in [4.78, 5) is 19.3. The van der Waals surface area contributed by atoms with Gasteiger partial charge < -0.3 is 24.6 Å². The molecule has 0 saturated carbocycles. The summed E-state index contributed by atoms with van der Waals surface area (Å²) in [5.41, 5.74) is 3.92. The van der Waals surface area contributed by atoms with Crippen molar-refractivity contribution >= 4 is 11.8 Å². The van der Waals surface area contributed by atoms with Crippen LogP contribution in [0.15, 0.2) is 24.3 Å². The number of ether oxygens (including phenoxy) is 3. The van der Waals surface area contributed by atoms with Crippen LogP contribution in [0.25, 0.3) is 0 Å². The summed E-state index contributed by atoms with van der Waals surface area (Å²) in [6.07, 6.45) is 5.98. The Morgan fingerprint density at radius 2 is 2.15 bits per heavy atom. The fourth-order valence-corrected chi connectivity index (χ4v) is 6.13. The zero-order valence-electron chi connectivity index (χ0n) is 23.9. The quantitative estimate of drug-likeness (QED) is 0.386. The molecular weight excluding hydrogens is 513 g/mol. The van der Waals surface area contributed by atoms with Gasteiger partial charge in [0.25, 0.3) is 0 Å². The molecule has 0 amide bonds. The predicted octanol–water partition coefficient (Wildman–Crippen LogP) is 4.68. The van der Waals surface area contributed by atoms with Crippen molar-refractivity contribution in [2.45, 2.75) is 89.3 Å². The highest BCUT2D eigenvalue weighted by molar-refractivity contribution is 5.76. The highest BCUT2D eigenvalue weighted by atomic mass is 19.1. The molecule has 3 aliphatic heterocycles. The number of hydrogen-bond donors (Lipinski definition) is 2. The number of carboxylic acid groups (broad SMARTS) is 1. The lowest BCUT2D eigenvalue weighted by molar-refractivity contribution is -0.143. The van der Waals surface area contributed by atoms with Crippen molar-refractivity contribution < 1.29 is 28.5 Å². The molecule has 1 aromatic carbocycles. The Morgan fingerprint density at radius 3 is 2.95 bits per heavy atom. The van der Waals surface area contributed by atoms with Crippen molar-refractivity contribution in [2.75, 3.05) is 38.7 Å². The van der Waals surface area contributed by atoms with Crippen LogP contribution in [-0.2, 0) is 44.9 Å². The van der Waals surface area contributed by atoms with Crippen molar-refractivity contribution in [1.29, 1.82) is 0 Å². The van der Waals surface area contributed by atoms with E-state index < -0.39 is 23.4 Å². The summed E-state index contributed by atoms with van der Waals surface area (Å²) in [7, 11) is 1.64. The number of fused-ring (bicyclic) bond motifs is 2. The maximum absolute atomic E-state index is 14.7. The first-order valence-electron chi connectivity index (χ1n) is 14.5. The van der Waals surface area contributed by atoms with Gasteiger partial charge in [-0.15, -0.1) is 0 Å². The molecule has 1 fully saturated rings. The highest BCUT2D eigenvalue weighted by Gasteiger charge is 2.40. The Labute approximate surface area is 236 Å². The molecular formula is C31H42FN3O5. The second-order valence-electron chi connectivity index (χ2n) is 11.8. The average Bonchev–Trinajstić information content (AvgIpc) is 3.40. The second-order valence-corrected chi connectivity index (χ2v) is 11.8. The number of anilines is 1. The Balaban J connectivity index is 1.17. The van der Waals surface area contributed by atoms with Crippen LogP contribution in [0.5, 0.6) is 0 Å². The fraction of sp³-hybridized carbons (Fsp3) is 0.613. The predicted molar refractivity (Wildman–Crippen MR) is 150 cm³/mol. The highest BCUT2D eigenvalue weighted by Crippen LogP contribution is 2.36. The number of aromatic nitrogens is 1. The number of aliphatic carboxylic acids is 1. The molecule has 0 aliphatic carbocycles. The molecule has 1 unspecified atom stereocenters. The topological polar surface area (TPSA) is 93.2 Å². The van der Waals surface area contributed by atoms with Gasteiger partial charge in [0.2, 0.25) is 0 Å². The van der Waals surface area contributed by atoms with Crippen LogP contribution in [0.4, 0.5) is 10.2 Å². The minimum absolute atomic E-state index is 0.0409. The summed E-state index contributed by atoms with van der Waals surface area (Å²) < 4.78 is 32.4. The minimum atomic E-state index is -0.977. The van der Waals surface area contributed by atoms with E-state index in [2.05, 4.69) is 17.4 Å². The molecule has 2 N–H and O–H groups in total. The fourth-order valence-electron chi connectivity index (χ4n) is 6.13. The summed E-state index contributed by atoms with van der Waals surface area (Å²) in [5.74, 6) is -0.386. The van der Waals surface area contributed by atoms with E-state index in [1.807, 2.05) is 18.7 Å². The smallest absolute Gasteiger partial charge is 0.325 e. The number of likely N-dealkylation sites (tertiary alicyclic amines) is 1. The van der Waals surface area contributed by atoms with Crippen LogP contribution in [0.3, 0.4) is 0 Å². The van der Waals surface area contributed by atoms with Gasteiger partial charge in [-0.05, 0) is 92.8 Å². The molecule has 9 heteroatoms. The molecule has 218 valence electrons. The maximum atomic E-state index is 14.7. The van der Waals surface area contributed by atoms with Gasteiger partial charge in [-0.3, -0.25) is 9.69 Å². The number of carboxylic acids is 1. The van der Waals surface area contributed by atoms with Crippen LogP contribution in [0.2, 0.25) is 0 Å². The Kier molecular flexibility index (Phi) is 9.05. The molecule has 2 aromatic rings. The van der Waals surface area contributed by atoms with Gasteiger partial charge in [-0.1, -0.05) is 6.07 Å². The normalized spacial score (nSPS) is 21.9. The van der Waals surface area contributed by atoms with Gasteiger partial charge >= 0.3 is 5.97 Å². The number of carbonyl (C=O) groups is 1. The second kappa shape index (κ2) is 12.5. The standard InChI is InChI=1S/C31H42FN3O5/c1-31(2,38-3)27-17-25-21(19-40-27)15-22(32)16-26(25)28(30(36)37)35-13-11-24(18-35)39-14-5-4-8-23-10-9-20-7-6-12-33-29(20)34-23/h9-10,15-16,24,27-28H,4-8,11-14,17-19H2,1-3H3,(H,33,34)(H,36,37)/t24-,27+,28?/m1/s1. The van der Waals surface area contributed by atoms with Gasteiger partial charge in [-0.25, -0.2) is 9.37 Å². The zero-order chi connectivity index (χ0) is 28.3. The third-order valence-corrected chi connectivity index (χ3v) is 8.68. The molecule has 0 radical (unpaired) electrons. The molecule has 40 heavy (non-hydrogen) atoms. The molecule has 0 bridgehead atoms. The third kappa shape index (κ3) is 6.48. The van der Waals surface area contributed by atoms with Crippen molar-refractivity contribution in [3.05, 3.63) is 58.0 Å². The number of hydrogen-bond acceptors (Lipinski definition) is 7. The lowest BCUT2D eigenvalue weighted by Crippen LogP contribution is -2.44.